The summed E-state index contributed by atoms with van der Waals surface area (Å²) in [6.07, 6.45) is -0.221. The average Bonchev–Trinajstić information content (AvgIpc) is 2.64. The molecule has 0 aliphatic heterocycles. The summed E-state index contributed by atoms with van der Waals surface area (Å²) in [5.41, 5.74) is 0. The van der Waals surface area contributed by atoms with E-state index < -0.39 is 11.6 Å². The van der Waals surface area contributed by atoms with Gasteiger partial charge in [0.2, 0.25) is 0 Å². The van der Waals surface area contributed by atoms with Crippen molar-refractivity contribution < 1.29 is 28.4 Å². The van der Waals surface area contributed by atoms with Gasteiger partial charge < -0.3 is 28.4 Å². The van der Waals surface area contributed by atoms with Crippen molar-refractivity contribution in [3.63, 3.8) is 0 Å². The molecular weight excluding hydrogens is 388 g/mol. The Kier molecular flexibility index (Phi) is 15.3. The average molecular weight is 437 g/mol. The number of likely N-dealkylation sites (N-methyl/N-ethyl adjacent to an activating group) is 2. The third-order valence-corrected chi connectivity index (χ3v) is 4.92. The molecule has 0 aromatic rings. The molecule has 0 saturated carbocycles. The van der Waals surface area contributed by atoms with Gasteiger partial charge in [0.05, 0.1) is 25.3 Å². The molecule has 30 heavy (non-hydrogen) atoms. The maximum atomic E-state index is 5.84. The quantitative estimate of drug-likeness (QED) is 0.286. The molecule has 8 nitrogen and oxygen atoms in total. The van der Waals surface area contributed by atoms with E-state index >= 15 is 0 Å². The highest BCUT2D eigenvalue weighted by Crippen LogP contribution is 2.17. The van der Waals surface area contributed by atoms with Crippen LogP contribution in [-0.4, -0.2) is 115 Å². The Hall–Kier alpha value is -0.320. The molecule has 0 aliphatic rings. The van der Waals surface area contributed by atoms with E-state index in [1.807, 2.05) is 55.6 Å². The van der Waals surface area contributed by atoms with Gasteiger partial charge >= 0.3 is 0 Å². The second kappa shape index (κ2) is 15.5. The lowest BCUT2D eigenvalue weighted by Crippen LogP contribution is -2.51. The van der Waals surface area contributed by atoms with Crippen LogP contribution in [0.3, 0.4) is 0 Å². The Balaban J connectivity index is 4.98. The molecule has 0 rings (SSSR count). The lowest BCUT2D eigenvalue weighted by molar-refractivity contribution is -0.232. The highest BCUT2D eigenvalue weighted by molar-refractivity contribution is 4.80. The van der Waals surface area contributed by atoms with Gasteiger partial charge in [-0.15, -0.1) is 0 Å². The normalized spacial score (nSPS) is 15.2. The number of rotatable bonds is 19. The minimum Gasteiger partial charge on any atom is -0.377 e. The molecule has 182 valence electrons. The summed E-state index contributed by atoms with van der Waals surface area (Å²) in [6, 6.07) is 0. The first-order valence-electron chi connectivity index (χ1n) is 11.1. The smallest absolute Gasteiger partial charge is 0.178 e. The van der Waals surface area contributed by atoms with E-state index in [9.17, 15) is 0 Å². The fraction of sp³-hybridized carbons (Fsp3) is 1.00. The molecule has 0 bridgehead atoms. The van der Waals surface area contributed by atoms with Crippen molar-refractivity contribution in [3.05, 3.63) is 0 Å². The van der Waals surface area contributed by atoms with E-state index in [0.717, 1.165) is 0 Å². The molecule has 8 heteroatoms. The summed E-state index contributed by atoms with van der Waals surface area (Å²) in [7, 11) is 7.53. The van der Waals surface area contributed by atoms with Crippen molar-refractivity contribution in [2.24, 2.45) is 0 Å². The van der Waals surface area contributed by atoms with Gasteiger partial charge in [0.15, 0.2) is 11.6 Å². The fourth-order valence-corrected chi connectivity index (χ4v) is 3.90. The van der Waals surface area contributed by atoms with Gasteiger partial charge in [-0.3, -0.25) is 9.80 Å². The molecular formula is C22H48N2O6. The molecule has 0 spiro atoms. The fourth-order valence-electron chi connectivity index (χ4n) is 3.90. The molecule has 0 radical (unpaired) electrons. The van der Waals surface area contributed by atoms with Crippen LogP contribution in [0.1, 0.15) is 41.5 Å². The van der Waals surface area contributed by atoms with Crippen molar-refractivity contribution in [1.82, 2.24) is 9.80 Å². The Morgan fingerprint density at radius 2 is 0.867 bits per heavy atom. The summed E-state index contributed by atoms with van der Waals surface area (Å²) in [4.78, 5) is 4.33. The van der Waals surface area contributed by atoms with E-state index in [1.165, 1.54) is 0 Å². The summed E-state index contributed by atoms with van der Waals surface area (Å²) in [6.45, 7) is 16.9. The monoisotopic (exact) mass is 436 g/mol. The molecule has 2 unspecified atom stereocenters. The summed E-state index contributed by atoms with van der Waals surface area (Å²) in [5.74, 6) is -1.29. The standard InChI is InChI=1S/C22H48N2O6/c1-11-27-21(5,28-12-2)17-23(7)15-19(25-9)20(26-10)16-24(8)18-22(6,29-13-3)30-14-4/h19-20H,11-18H2,1-10H3. The van der Waals surface area contributed by atoms with Crippen LogP contribution < -0.4 is 0 Å². The van der Waals surface area contributed by atoms with Crippen LogP contribution >= 0.6 is 0 Å². The first-order chi connectivity index (χ1) is 14.1. The molecule has 0 fully saturated rings. The minimum absolute atomic E-state index is 0.111. The van der Waals surface area contributed by atoms with Gasteiger partial charge in [-0.1, -0.05) is 0 Å². The van der Waals surface area contributed by atoms with Crippen molar-refractivity contribution in [1.29, 1.82) is 0 Å². The van der Waals surface area contributed by atoms with Crippen molar-refractivity contribution >= 4 is 0 Å². The van der Waals surface area contributed by atoms with Gasteiger partial charge in [0.1, 0.15) is 0 Å². The molecule has 0 N–H and O–H groups in total. The van der Waals surface area contributed by atoms with Crippen molar-refractivity contribution in [2.75, 3.05) is 80.9 Å². The lowest BCUT2D eigenvalue weighted by atomic mass is 10.1. The topological polar surface area (TPSA) is 61.9 Å². The number of hydrogen-bond acceptors (Lipinski definition) is 8. The van der Waals surface area contributed by atoms with Crippen molar-refractivity contribution in [2.45, 2.75) is 65.3 Å². The number of hydrogen-bond donors (Lipinski definition) is 0. The predicted molar refractivity (Wildman–Crippen MR) is 120 cm³/mol. The third-order valence-electron chi connectivity index (χ3n) is 4.92. The zero-order valence-corrected chi connectivity index (χ0v) is 21.2. The number of ether oxygens (including phenoxy) is 6. The Labute approximate surface area is 185 Å². The highest BCUT2D eigenvalue weighted by Gasteiger charge is 2.32. The predicted octanol–water partition coefficient (Wildman–Crippen LogP) is 2.46. The molecule has 0 amide bonds. The molecule has 0 heterocycles. The second-order valence-electron chi connectivity index (χ2n) is 7.94. The molecule has 0 saturated heterocycles. The van der Waals surface area contributed by atoms with Crippen LogP contribution in [0.4, 0.5) is 0 Å². The van der Waals surface area contributed by atoms with Gasteiger partial charge in [0.25, 0.3) is 0 Å². The van der Waals surface area contributed by atoms with Gasteiger partial charge in [-0.2, -0.15) is 0 Å². The first-order valence-corrected chi connectivity index (χ1v) is 11.1. The van der Waals surface area contributed by atoms with Gasteiger partial charge in [0, 0.05) is 53.7 Å². The zero-order chi connectivity index (χ0) is 23.2. The molecule has 0 aromatic carbocycles. The maximum absolute atomic E-state index is 5.84. The van der Waals surface area contributed by atoms with Crippen molar-refractivity contribution in [3.8, 4) is 0 Å². The minimum atomic E-state index is -0.646. The first kappa shape index (κ1) is 29.7. The van der Waals surface area contributed by atoms with Crippen LogP contribution in [0.15, 0.2) is 0 Å². The SMILES string of the molecule is CCOC(C)(CN(C)CC(OC)C(CN(C)CC(C)(OCC)OCC)OC)OCC. The Bertz CT molecular complexity index is 376. The number of nitrogens with zero attached hydrogens (tertiary/aromatic N) is 2. The van der Waals surface area contributed by atoms with E-state index in [1.54, 1.807) is 14.2 Å². The zero-order valence-electron chi connectivity index (χ0n) is 21.2. The summed E-state index contributed by atoms with van der Waals surface area (Å²) in [5, 5.41) is 0. The lowest BCUT2D eigenvalue weighted by Gasteiger charge is -2.37. The highest BCUT2D eigenvalue weighted by atomic mass is 16.7. The second-order valence-corrected chi connectivity index (χ2v) is 7.94. The summed E-state index contributed by atoms with van der Waals surface area (Å²) < 4.78 is 34.9. The Morgan fingerprint density at radius 1 is 0.600 bits per heavy atom. The molecule has 2 atom stereocenters. The third kappa shape index (κ3) is 11.3. The molecule has 0 aliphatic carbocycles. The van der Waals surface area contributed by atoms with E-state index in [2.05, 4.69) is 9.80 Å². The van der Waals surface area contributed by atoms with E-state index in [-0.39, 0.29) is 12.2 Å². The van der Waals surface area contributed by atoms with Gasteiger partial charge in [-0.25, -0.2) is 0 Å². The molecule has 0 aromatic heterocycles. The van der Waals surface area contributed by atoms with Crippen LogP contribution in [0.25, 0.3) is 0 Å². The van der Waals surface area contributed by atoms with Crippen LogP contribution in [0.5, 0.6) is 0 Å². The van der Waals surface area contributed by atoms with E-state index in [0.29, 0.717) is 52.6 Å². The number of methoxy groups -OCH3 is 2. The van der Waals surface area contributed by atoms with E-state index in [4.69, 9.17) is 28.4 Å². The Morgan fingerprint density at radius 3 is 1.07 bits per heavy atom. The largest absolute Gasteiger partial charge is 0.377 e. The van der Waals surface area contributed by atoms with Gasteiger partial charge in [-0.05, 0) is 55.6 Å². The van der Waals surface area contributed by atoms with Crippen LogP contribution in [-0.2, 0) is 28.4 Å². The van der Waals surface area contributed by atoms with Crippen LogP contribution in [0, 0.1) is 0 Å². The maximum Gasteiger partial charge on any atom is 0.178 e. The van der Waals surface area contributed by atoms with Crippen LogP contribution in [0.2, 0.25) is 0 Å². The summed E-state index contributed by atoms with van der Waals surface area (Å²) >= 11 is 0.